The number of nitrogens with one attached hydrogen (secondary N) is 2. The SMILES string of the molecule is COc1ccc(N2CCN(c3cc(Nc4ccc5[nH]ccc5c4)nc(SC)n3)CC2)cc1. The molecule has 0 bridgehead atoms. The maximum absolute atomic E-state index is 5.27. The van der Waals surface area contributed by atoms with Gasteiger partial charge in [0.15, 0.2) is 5.16 Å². The Balaban J connectivity index is 1.31. The second-order valence-electron chi connectivity index (χ2n) is 7.67. The van der Waals surface area contributed by atoms with Crippen molar-refractivity contribution in [2.45, 2.75) is 5.16 Å². The molecule has 2 aromatic heterocycles. The van der Waals surface area contributed by atoms with Crippen LogP contribution in [0, 0.1) is 0 Å². The Labute approximate surface area is 191 Å². The van der Waals surface area contributed by atoms with Gasteiger partial charge in [-0.15, -0.1) is 0 Å². The van der Waals surface area contributed by atoms with Gasteiger partial charge in [-0.1, -0.05) is 11.8 Å². The zero-order chi connectivity index (χ0) is 21.9. The number of piperazine rings is 1. The van der Waals surface area contributed by atoms with Gasteiger partial charge >= 0.3 is 0 Å². The van der Waals surface area contributed by atoms with Gasteiger partial charge in [0.2, 0.25) is 0 Å². The van der Waals surface area contributed by atoms with Gasteiger partial charge in [0, 0.05) is 60.7 Å². The van der Waals surface area contributed by atoms with Crippen molar-refractivity contribution in [1.29, 1.82) is 0 Å². The molecule has 7 nitrogen and oxygen atoms in total. The predicted octanol–water partition coefficient (Wildman–Crippen LogP) is 4.76. The maximum atomic E-state index is 5.27. The number of hydrogen-bond donors (Lipinski definition) is 2. The molecule has 0 spiro atoms. The Morgan fingerprint density at radius 2 is 1.72 bits per heavy atom. The fourth-order valence-corrected chi connectivity index (χ4v) is 4.37. The largest absolute Gasteiger partial charge is 0.497 e. The number of aromatic nitrogens is 3. The van der Waals surface area contributed by atoms with Crippen LogP contribution in [-0.4, -0.2) is 54.5 Å². The number of ether oxygens (including phenoxy) is 1. The average Bonchev–Trinajstić information content (AvgIpc) is 3.32. The summed E-state index contributed by atoms with van der Waals surface area (Å²) in [5.41, 5.74) is 3.36. The molecule has 2 N–H and O–H groups in total. The second kappa shape index (κ2) is 9.00. The van der Waals surface area contributed by atoms with Gasteiger partial charge in [0.05, 0.1) is 7.11 Å². The van der Waals surface area contributed by atoms with E-state index in [0.717, 1.165) is 59.9 Å². The number of H-pyrrole nitrogens is 1. The first-order valence-electron chi connectivity index (χ1n) is 10.6. The quantitative estimate of drug-likeness (QED) is 0.327. The van der Waals surface area contributed by atoms with E-state index in [2.05, 4.69) is 61.5 Å². The van der Waals surface area contributed by atoms with Crippen LogP contribution in [0.3, 0.4) is 0 Å². The van der Waals surface area contributed by atoms with Crippen molar-refractivity contribution in [1.82, 2.24) is 15.0 Å². The van der Waals surface area contributed by atoms with E-state index in [1.165, 1.54) is 11.1 Å². The molecule has 0 saturated carbocycles. The minimum atomic E-state index is 0.769. The molecule has 0 aliphatic carbocycles. The number of thioether (sulfide) groups is 1. The molecule has 8 heteroatoms. The van der Waals surface area contributed by atoms with E-state index in [1.54, 1.807) is 18.9 Å². The molecule has 1 fully saturated rings. The van der Waals surface area contributed by atoms with Crippen LogP contribution in [0.1, 0.15) is 0 Å². The molecule has 1 saturated heterocycles. The van der Waals surface area contributed by atoms with Crippen LogP contribution < -0.4 is 19.9 Å². The first kappa shape index (κ1) is 20.5. The molecule has 1 aliphatic rings. The molecule has 0 radical (unpaired) electrons. The third kappa shape index (κ3) is 4.31. The minimum absolute atomic E-state index is 0.769. The first-order chi connectivity index (χ1) is 15.7. The van der Waals surface area contributed by atoms with E-state index in [0.29, 0.717) is 0 Å². The van der Waals surface area contributed by atoms with Crippen LogP contribution >= 0.6 is 11.8 Å². The molecule has 0 atom stereocenters. The first-order valence-corrected chi connectivity index (χ1v) is 11.9. The van der Waals surface area contributed by atoms with Crippen LogP contribution in [0.15, 0.2) is 66.0 Å². The molecule has 5 rings (SSSR count). The van der Waals surface area contributed by atoms with Crippen molar-refractivity contribution in [3.05, 3.63) is 60.8 Å². The molecular formula is C24H26N6OS. The molecule has 32 heavy (non-hydrogen) atoms. The molecule has 2 aromatic carbocycles. The Hall–Kier alpha value is -3.39. The maximum Gasteiger partial charge on any atom is 0.191 e. The number of nitrogens with zero attached hydrogens (tertiary/aromatic N) is 4. The number of benzene rings is 2. The Bertz CT molecular complexity index is 1200. The lowest BCUT2D eigenvalue weighted by molar-refractivity contribution is 0.415. The number of aromatic amines is 1. The van der Waals surface area contributed by atoms with E-state index >= 15 is 0 Å². The van der Waals surface area contributed by atoms with Crippen molar-refractivity contribution in [3.63, 3.8) is 0 Å². The minimum Gasteiger partial charge on any atom is -0.497 e. The highest BCUT2D eigenvalue weighted by atomic mass is 32.2. The van der Waals surface area contributed by atoms with Gasteiger partial charge in [0.1, 0.15) is 17.4 Å². The molecule has 1 aliphatic heterocycles. The smallest absolute Gasteiger partial charge is 0.191 e. The standard InChI is InChI=1S/C24H26N6OS/c1-31-20-6-4-19(5-7-20)29-11-13-30(14-12-29)23-16-22(27-24(28-23)32-2)26-18-3-8-21-17(15-18)9-10-25-21/h3-10,15-16,25H,11-14H2,1-2H3,(H,26,27,28). The number of fused-ring (bicyclic) bond motifs is 1. The highest BCUT2D eigenvalue weighted by molar-refractivity contribution is 7.98. The number of hydrogen-bond acceptors (Lipinski definition) is 7. The van der Waals surface area contributed by atoms with Gasteiger partial charge in [-0.25, -0.2) is 9.97 Å². The molecule has 3 heterocycles. The van der Waals surface area contributed by atoms with Crippen molar-refractivity contribution in [2.24, 2.45) is 0 Å². The van der Waals surface area contributed by atoms with Crippen molar-refractivity contribution >= 4 is 45.7 Å². The fraction of sp³-hybridized carbons (Fsp3) is 0.250. The van der Waals surface area contributed by atoms with Crippen molar-refractivity contribution < 1.29 is 4.74 Å². The molecule has 4 aromatic rings. The summed E-state index contributed by atoms with van der Waals surface area (Å²) in [5, 5.41) is 5.40. The fourth-order valence-electron chi connectivity index (χ4n) is 4.00. The summed E-state index contributed by atoms with van der Waals surface area (Å²) >= 11 is 1.56. The molecular weight excluding hydrogens is 420 g/mol. The Kier molecular flexibility index (Phi) is 5.77. The van der Waals surface area contributed by atoms with Crippen LogP contribution in [0.25, 0.3) is 10.9 Å². The van der Waals surface area contributed by atoms with Crippen LogP contribution in [0.2, 0.25) is 0 Å². The lowest BCUT2D eigenvalue weighted by Gasteiger charge is -2.37. The second-order valence-corrected chi connectivity index (χ2v) is 8.45. The van der Waals surface area contributed by atoms with Crippen molar-refractivity contribution in [2.75, 3.05) is 54.7 Å². The lowest BCUT2D eigenvalue weighted by Crippen LogP contribution is -2.46. The summed E-state index contributed by atoms with van der Waals surface area (Å²) in [6, 6.07) is 18.6. The summed E-state index contributed by atoms with van der Waals surface area (Å²) < 4.78 is 5.27. The number of rotatable bonds is 6. The average molecular weight is 447 g/mol. The third-order valence-electron chi connectivity index (χ3n) is 5.74. The van der Waals surface area contributed by atoms with E-state index in [9.17, 15) is 0 Å². The van der Waals surface area contributed by atoms with Crippen molar-refractivity contribution in [3.8, 4) is 5.75 Å². The van der Waals surface area contributed by atoms with Gasteiger partial charge in [0.25, 0.3) is 0 Å². The highest BCUT2D eigenvalue weighted by Gasteiger charge is 2.20. The predicted molar refractivity (Wildman–Crippen MR) is 133 cm³/mol. The van der Waals surface area contributed by atoms with Gasteiger partial charge in [-0.05, 0) is 54.8 Å². The number of anilines is 4. The topological polar surface area (TPSA) is 69.3 Å². The van der Waals surface area contributed by atoms with Crippen LogP contribution in [0.4, 0.5) is 23.0 Å². The van der Waals surface area contributed by atoms with E-state index < -0.39 is 0 Å². The van der Waals surface area contributed by atoms with E-state index in [4.69, 9.17) is 9.72 Å². The zero-order valence-corrected chi connectivity index (χ0v) is 19.0. The van der Waals surface area contributed by atoms with Crippen LogP contribution in [0.5, 0.6) is 5.75 Å². The van der Waals surface area contributed by atoms with Gasteiger partial charge in [-0.3, -0.25) is 0 Å². The van der Waals surface area contributed by atoms with Gasteiger partial charge in [-0.2, -0.15) is 0 Å². The lowest BCUT2D eigenvalue weighted by atomic mass is 10.2. The summed E-state index contributed by atoms with van der Waals surface area (Å²) in [5.74, 6) is 2.66. The monoisotopic (exact) mass is 446 g/mol. The highest BCUT2D eigenvalue weighted by Crippen LogP contribution is 2.27. The van der Waals surface area contributed by atoms with E-state index in [1.807, 2.05) is 30.7 Å². The number of methoxy groups -OCH3 is 1. The molecule has 0 unspecified atom stereocenters. The molecule has 164 valence electrons. The van der Waals surface area contributed by atoms with Gasteiger partial charge < -0.3 is 24.8 Å². The Morgan fingerprint density at radius 1 is 0.938 bits per heavy atom. The van der Waals surface area contributed by atoms with E-state index in [-0.39, 0.29) is 0 Å². The zero-order valence-electron chi connectivity index (χ0n) is 18.2. The Morgan fingerprint density at radius 3 is 2.47 bits per heavy atom. The normalized spacial score (nSPS) is 14.1. The summed E-state index contributed by atoms with van der Waals surface area (Å²) in [6.45, 7) is 3.70. The summed E-state index contributed by atoms with van der Waals surface area (Å²) in [4.78, 5) is 17.4. The summed E-state index contributed by atoms with van der Waals surface area (Å²) in [6.07, 6.45) is 3.96. The summed E-state index contributed by atoms with van der Waals surface area (Å²) in [7, 11) is 1.69. The van der Waals surface area contributed by atoms with Crippen LogP contribution in [-0.2, 0) is 0 Å². The third-order valence-corrected chi connectivity index (χ3v) is 6.29. The molecule has 0 amide bonds.